The molecule has 2 heterocycles. The van der Waals surface area contributed by atoms with E-state index in [9.17, 15) is 9.59 Å². The van der Waals surface area contributed by atoms with Gasteiger partial charge in [-0.3, -0.25) is 24.4 Å². The summed E-state index contributed by atoms with van der Waals surface area (Å²) in [7, 11) is 0. The van der Waals surface area contributed by atoms with Crippen LogP contribution in [0, 0.1) is 6.92 Å². The van der Waals surface area contributed by atoms with Crippen LogP contribution in [0.25, 0.3) is 0 Å². The van der Waals surface area contributed by atoms with Gasteiger partial charge in [-0.2, -0.15) is 0 Å². The van der Waals surface area contributed by atoms with Gasteiger partial charge in [-0.25, -0.2) is 0 Å². The van der Waals surface area contributed by atoms with Crippen molar-refractivity contribution in [3.05, 3.63) is 59.4 Å². The average Bonchev–Trinajstić information content (AvgIpc) is 2.65. The molecule has 142 valence electrons. The number of anilines is 1. The molecule has 1 saturated heterocycles. The van der Waals surface area contributed by atoms with Crippen LogP contribution in [0.1, 0.15) is 28.5 Å². The standard InChI is InChI=1S/C21H26N4O2/c1-16-19(6-4-8-22-16)14-24-9-11-25(12-10-24)15-21(27)23-20-7-3-5-18(13-20)17(2)26/h3-8,13H,9-12,14-15H2,1-2H3,(H,23,27). The maximum Gasteiger partial charge on any atom is 0.238 e. The van der Waals surface area contributed by atoms with E-state index in [1.807, 2.05) is 19.2 Å². The number of benzene rings is 1. The summed E-state index contributed by atoms with van der Waals surface area (Å²) in [5, 5.41) is 2.89. The fourth-order valence-electron chi connectivity index (χ4n) is 3.25. The van der Waals surface area contributed by atoms with Crippen molar-refractivity contribution in [1.82, 2.24) is 14.8 Å². The van der Waals surface area contributed by atoms with Crippen LogP contribution in [0.2, 0.25) is 0 Å². The number of hydrogen-bond acceptors (Lipinski definition) is 5. The highest BCUT2D eigenvalue weighted by Crippen LogP contribution is 2.13. The van der Waals surface area contributed by atoms with Gasteiger partial charge in [0.05, 0.1) is 6.54 Å². The first-order valence-electron chi connectivity index (χ1n) is 9.27. The van der Waals surface area contributed by atoms with Gasteiger partial charge in [-0.1, -0.05) is 18.2 Å². The van der Waals surface area contributed by atoms with Crippen LogP contribution in [0.3, 0.4) is 0 Å². The molecule has 0 aliphatic carbocycles. The Morgan fingerprint density at radius 1 is 1.07 bits per heavy atom. The molecular formula is C21H26N4O2. The number of pyridine rings is 1. The number of piperazine rings is 1. The average molecular weight is 366 g/mol. The van der Waals surface area contributed by atoms with Gasteiger partial charge in [-0.15, -0.1) is 0 Å². The first-order chi connectivity index (χ1) is 13.0. The highest BCUT2D eigenvalue weighted by atomic mass is 16.2. The highest BCUT2D eigenvalue weighted by Gasteiger charge is 2.19. The van der Waals surface area contributed by atoms with E-state index in [0.717, 1.165) is 38.4 Å². The molecule has 6 heteroatoms. The van der Waals surface area contributed by atoms with Gasteiger partial charge in [-0.05, 0) is 37.6 Å². The van der Waals surface area contributed by atoms with Crippen LogP contribution in [-0.4, -0.2) is 59.2 Å². The largest absolute Gasteiger partial charge is 0.325 e. The lowest BCUT2D eigenvalue weighted by Gasteiger charge is -2.34. The van der Waals surface area contributed by atoms with E-state index in [1.54, 1.807) is 24.3 Å². The maximum absolute atomic E-state index is 12.3. The summed E-state index contributed by atoms with van der Waals surface area (Å²) < 4.78 is 0. The summed E-state index contributed by atoms with van der Waals surface area (Å²) in [4.78, 5) is 32.7. The van der Waals surface area contributed by atoms with Crippen LogP contribution < -0.4 is 5.32 Å². The molecule has 0 unspecified atom stereocenters. The van der Waals surface area contributed by atoms with E-state index >= 15 is 0 Å². The van der Waals surface area contributed by atoms with Crippen molar-refractivity contribution in [2.75, 3.05) is 38.0 Å². The minimum Gasteiger partial charge on any atom is -0.325 e. The number of carbonyl (C=O) groups is 2. The molecule has 1 aromatic carbocycles. The first kappa shape index (κ1) is 19.2. The number of nitrogens with one attached hydrogen (secondary N) is 1. The molecule has 1 amide bonds. The predicted molar refractivity (Wildman–Crippen MR) is 106 cm³/mol. The minimum absolute atomic E-state index is 0.00827. The van der Waals surface area contributed by atoms with Crippen molar-refractivity contribution in [3.63, 3.8) is 0 Å². The first-order valence-corrected chi connectivity index (χ1v) is 9.27. The fraction of sp³-hybridized carbons (Fsp3) is 0.381. The molecule has 1 aliphatic heterocycles. The van der Waals surface area contributed by atoms with Gasteiger partial charge in [0, 0.05) is 55.9 Å². The normalized spacial score (nSPS) is 15.5. The maximum atomic E-state index is 12.3. The lowest BCUT2D eigenvalue weighted by Crippen LogP contribution is -2.48. The fourth-order valence-corrected chi connectivity index (χ4v) is 3.25. The molecule has 3 rings (SSSR count). The van der Waals surface area contributed by atoms with Crippen molar-refractivity contribution in [3.8, 4) is 0 Å². The van der Waals surface area contributed by atoms with Gasteiger partial charge >= 0.3 is 0 Å². The van der Waals surface area contributed by atoms with Crippen molar-refractivity contribution < 1.29 is 9.59 Å². The SMILES string of the molecule is CC(=O)c1cccc(NC(=O)CN2CCN(Cc3cccnc3C)CC2)c1. The van der Waals surface area contributed by atoms with Gasteiger partial charge in [0.2, 0.25) is 5.91 Å². The minimum atomic E-state index is -0.0488. The number of Topliss-reactive ketones (excluding diaryl/α,β-unsaturated/α-hetero) is 1. The van der Waals surface area contributed by atoms with Crippen molar-refractivity contribution >= 4 is 17.4 Å². The van der Waals surface area contributed by atoms with Crippen molar-refractivity contribution in [1.29, 1.82) is 0 Å². The molecule has 6 nitrogen and oxygen atoms in total. The number of aromatic nitrogens is 1. The number of ketones is 1. The molecular weight excluding hydrogens is 340 g/mol. The molecule has 1 fully saturated rings. The zero-order chi connectivity index (χ0) is 19.2. The second-order valence-electron chi connectivity index (χ2n) is 6.99. The lowest BCUT2D eigenvalue weighted by atomic mass is 10.1. The topological polar surface area (TPSA) is 65.5 Å². The van der Waals surface area contributed by atoms with Crippen LogP contribution in [0.4, 0.5) is 5.69 Å². The molecule has 0 saturated carbocycles. The molecule has 2 aromatic rings. The number of amides is 1. The third-order valence-electron chi connectivity index (χ3n) is 4.90. The Labute approximate surface area is 160 Å². The number of rotatable bonds is 6. The number of hydrogen-bond donors (Lipinski definition) is 1. The van der Waals surface area contributed by atoms with E-state index in [1.165, 1.54) is 12.5 Å². The Morgan fingerprint density at radius 2 is 1.81 bits per heavy atom. The quantitative estimate of drug-likeness (QED) is 0.795. The van der Waals surface area contributed by atoms with Gasteiger partial charge in [0.15, 0.2) is 5.78 Å². The van der Waals surface area contributed by atoms with E-state index < -0.39 is 0 Å². The number of nitrogens with zero attached hydrogens (tertiary/aromatic N) is 3. The molecule has 0 bridgehead atoms. The Morgan fingerprint density at radius 3 is 2.52 bits per heavy atom. The van der Waals surface area contributed by atoms with Crippen LogP contribution >= 0.6 is 0 Å². The summed E-state index contributed by atoms with van der Waals surface area (Å²) >= 11 is 0. The molecule has 1 N–H and O–H groups in total. The van der Waals surface area contributed by atoms with E-state index in [2.05, 4.69) is 26.2 Å². The molecule has 1 aliphatic rings. The Hall–Kier alpha value is -2.57. The zero-order valence-electron chi connectivity index (χ0n) is 15.9. The number of carbonyl (C=O) groups excluding carboxylic acids is 2. The zero-order valence-corrected chi connectivity index (χ0v) is 15.9. The smallest absolute Gasteiger partial charge is 0.238 e. The van der Waals surface area contributed by atoms with Crippen LogP contribution in [0.5, 0.6) is 0 Å². The molecule has 27 heavy (non-hydrogen) atoms. The van der Waals surface area contributed by atoms with E-state index in [0.29, 0.717) is 17.8 Å². The van der Waals surface area contributed by atoms with Crippen LogP contribution in [-0.2, 0) is 11.3 Å². The Balaban J connectivity index is 1.46. The number of aryl methyl sites for hydroxylation is 1. The van der Waals surface area contributed by atoms with Crippen molar-refractivity contribution in [2.24, 2.45) is 0 Å². The predicted octanol–water partition coefficient (Wildman–Crippen LogP) is 2.35. The summed E-state index contributed by atoms with van der Waals surface area (Å²) in [6.07, 6.45) is 1.82. The Bertz CT molecular complexity index is 813. The third-order valence-corrected chi connectivity index (χ3v) is 4.90. The summed E-state index contributed by atoms with van der Waals surface area (Å²) in [5.41, 5.74) is 3.60. The third kappa shape index (κ3) is 5.45. The lowest BCUT2D eigenvalue weighted by molar-refractivity contribution is -0.117. The van der Waals surface area contributed by atoms with Crippen molar-refractivity contribution in [2.45, 2.75) is 20.4 Å². The second-order valence-corrected chi connectivity index (χ2v) is 6.99. The molecule has 0 radical (unpaired) electrons. The second kappa shape index (κ2) is 8.88. The molecule has 1 aromatic heterocycles. The van der Waals surface area contributed by atoms with E-state index in [4.69, 9.17) is 0 Å². The molecule has 0 atom stereocenters. The summed E-state index contributed by atoms with van der Waals surface area (Å²) in [6, 6.07) is 11.2. The van der Waals surface area contributed by atoms with E-state index in [-0.39, 0.29) is 11.7 Å². The van der Waals surface area contributed by atoms with Gasteiger partial charge in [0.25, 0.3) is 0 Å². The summed E-state index contributed by atoms with van der Waals surface area (Å²) in [5.74, 6) is -0.0571. The molecule has 0 spiro atoms. The van der Waals surface area contributed by atoms with Gasteiger partial charge < -0.3 is 5.32 Å². The highest BCUT2D eigenvalue weighted by molar-refractivity contribution is 5.97. The van der Waals surface area contributed by atoms with Crippen LogP contribution in [0.15, 0.2) is 42.6 Å². The monoisotopic (exact) mass is 366 g/mol. The van der Waals surface area contributed by atoms with Gasteiger partial charge in [0.1, 0.15) is 0 Å². The summed E-state index contributed by atoms with van der Waals surface area (Å²) in [6.45, 7) is 8.41. The Kier molecular flexibility index (Phi) is 6.32.